The molecule has 3 rings (SSSR count). The third-order valence-corrected chi connectivity index (χ3v) is 7.33. The predicted octanol–water partition coefficient (Wildman–Crippen LogP) is 2.69. The van der Waals surface area contributed by atoms with E-state index in [1.165, 1.54) is 0 Å². The predicted molar refractivity (Wildman–Crippen MR) is 153 cm³/mol. The lowest BCUT2D eigenvalue weighted by Crippen LogP contribution is -2.41. The molecule has 1 aromatic rings. The van der Waals surface area contributed by atoms with E-state index in [2.05, 4.69) is 25.8 Å². The number of benzene rings is 1. The summed E-state index contributed by atoms with van der Waals surface area (Å²) in [5.41, 5.74) is 7.56. The highest BCUT2D eigenvalue weighted by Gasteiger charge is 2.20. The van der Waals surface area contributed by atoms with Gasteiger partial charge < -0.3 is 36.4 Å². The molecule has 1 atom stereocenters. The van der Waals surface area contributed by atoms with Gasteiger partial charge in [-0.2, -0.15) is 0 Å². The molecule has 0 radical (unpaired) electrons. The number of carbonyl (C=O) groups excluding carboxylic acids is 2. The lowest BCUT2D eigenvalue weighted by Gasteiger charge is -2.22. The van der Waals surface area contributed by atoms with E-state index in [-0.39, 0.29) is 42.3 Å². The molecule has 0 aromatic heterocycles. The number of nitrogens with two attached hydrogens (primary N) is 1. The standard InChI is InChI=1S/C29H46N6O4/c1-31-19-22-16-21(17-27(28(22)38)39-26-8-3-4-9-26)10-11-25(37)18-24(36)7-5-6-23(34-29(30)32-2)12-14-35-15-13-33-20-35/h13,15-17,23,26,31,33,38H,3-12,14,18-20H2,1-2H3,(H3,30,32,34). The van der Waals surface area contributed by atoms with Gasteiger partial charge in [-0.05, 0) is 70.0 Å². The zero-order valence-corrected chi connectivity index (χ0v) is 23.5. The Balaban J connectivity index is 1.44. The van der Waals surface area contributed by atoms with Crippen molar-refractivity contribution in [2.24, 2.45) is 10.7 Å². The van der Waals surface area contributed by atoms with E-state index < -0.39 is 0 Å². The summed E-state index contributed by atoms with van der Waals surface area (Å²) < 4.78 is 6.10. The smallest absolute Gasteiger partial charge is 0.188 e. The number of aliphatic imine (C=N–C) groups is 1. The van der Waals surface area contributed by atoms with Gasteiger partial charge in [0.05, 0.1) is 19.2 Å². The van der Waals surface area contributed by atoms with Crippen molar-refractivity contribution >= 4 is 17.5 Å². The van der Waals surface area contributed by atoms with E-state index in [1.54, 1.807) is 7.05 Å². The van der Waals surface area contributed by atoms with Crippen LogP contribution in [0.15, 0.2) is 29.5 Å². The average molecular weight is 543 g/mol. The number of phenols is 1. The fraction of sp³-hybridized carbons (Fsp3) is 0.621. The number of nitrogens with one attached hydrogen (secondary N) is 3. The Bertz CT molecular complexity index is 1010. The van der Waals surface area contributed by atoms with Gasteiger partial charge in [-0.15, -0.1) is 0 Å². The van der Waals surface area contributed by atoms with Crippen molar-refractivity contribution < 1.29 is 19.4 Å². The van der Waals surface area contributed by atoms with Crippen LogP contribution in [0.25, 0.3) is 0 Å². The second kappa shape index (κ2) is 16.0. The summed E-state index contributed by atoms with van der Waals surface area (Å²) in [6, 6.07) is 3.86. The molecule has 10 heteroatoms. The molecule has 6 N–H and O–H groups in total. The van der Waals surface area contributed by atoms with E-state index in [0.717, 1.165) is 62.9 Å². The van der Waals surface area contributed by atoms with Crippen LogP contribution in [0.5, 0.6) is 11.5 Å². The van der Waals surface area contributed by atoms with Crippen LogP contribution in [0.3, 0.4) is 0 Å². The number of ether oxygens (including phenoxy) is 1. The van der Waals surface area contributed by atoms with Crippen LogP contribution in [0.4, 0.5) is 0 Å². The number of phenolic OH excluding ortho intramolecular Hbond substituents is 1. The fourth-order valence-corrected chi connectivity index (χ4v) is 5.12. The molecule has 0 amide bonds. The number of rotatable bonds is 17. The summed E-state index contributed by atoms with van der Waals surface area (Å²) in [7, 11) is 3.47. The number of ketones is 2. The van der Waals surface area contributed by atoms with Gasteiger partial charge in [0.25, 0.3) is 0 Å². The van der Waals surface area contributed by atoms with Crippen molar-refractivity contribution in [1.82, 2.24) is 20.9 Å². The molecule has 10 nitrogen and oxygen atoms in total. The Morgan fingerprint density at radius 1 is 1.23 bits per heavy atom. The third kappa shape index (κ3) is 10.4. The molecule has 1 aliphatic heterocycles. The highest BCUT2D eigenvalue weighted by molar-refractivity contribution is 5.99. The SMILES string of the molecule is CN=C(N)NC(CCCC(=O)CC(=O)CCc1cc(CNC)c(O)c(OC2CCCC2)c1)CCN1C=CNC1. The van der Waals surface area contributed by atoms with Crippen molar-refractivity contribution in [3.63, 3.8) is 0 Å². The Morgan fingerprint density at radius 3 is 2.69 bits per heavy atom. The van der Waals surface area contributed by atoms with E-state index in [0.29, 0.717) is 37.5 Å². The number of Topliss-reactive ketones (excluding diaryl/α,β-unsaturated/α-hetero) is 2. The molecule has 1 unspecified atom stereocenters. The molecule has 0 bridgehead atoms. The van der Waals surface area contributed by atoms with Gasteiger partial charge in [-0.25, -0.2) is 0 Å². The van der Waals surface area contributed by atoms with Gasteiger partial charge in [0, 0.05) is 57.0 Å². The number of nitrogens with zero attached hydrogens (tertiary/aromatic N) is 2. The number of aryl methyl sites for hydroxylation is 1. The lowest BCUT2D eigenvalue weighted by molar-refractivity contribution is -0.127. The molecule has 1 aliphatic carbocycles. The van der Waals surface area contributed by atoms with Gasteiger partial charge in [-0.1, -0.05) is 6.07 Å². The number of guanidine groups is 1. The maximum atomic E-state index is 12.6. The van der Waals surface area contributed by atoms with Crippen LogP contribution in [0.2, 0.25) is 0 Å². The van der Waals surface area contributed by atoms with Gasteiger partial charge in [-0.3, -0.25) is 14.6 Å². The monoisotopic (exact) mass is 542 g/mol. The molecule has 1 heterocycles. The van der Waals surface area contributed by atoms with E-state index in [9.17, 15) is 14.7 Å². The first-order valence-corrected chi connectivity index (χ1v) is 14.2. The van der Waals surface area contributed by atoms with Crippen LogP contribution in [-0.2, 0) is 22.6 Å². The maximum absolute atomic E-state index is 12.6. The molecule has 2 aliphatic rings. The molecule has 1 saturated carbocycles. The zero-order valence-electron chi connectivity index (χ0n) is 23.5. The van der Waals surface area contributed by atoms with Crippen molar-refractivity contribution in [3.8, 4) is 11.5 Å². The van der Waals surface area contributed by atoms with Crippen molar-refractivity contribution in [1.29, 1.82) is 0 Å². The van der Waals surface area contributed by atoms with E-state index in [1.807, 2.05) is 31.6 Å². The number of carbonyl (C=O) groups is 2. The van der Waals surface area contributed by atoms with Crippen molar-refractivity contribution in [2.45, 2.75) is 89.3 Å². The normalized spacial score (nSPS) is 16.4. The summed E-state index contributed by atoms with van der Waals surface area (Å²) in [6.07, 6.45) is 11.8. The minimum absolute atomic E-state index is 0.0330. The summed E-state index contributed by atoms with van der Waals surface area (Å²) in [6.45, 7) is 2.16. The minimum atomic E-state index is -0.0631. The van der Waals surface area contributed by atoms with Crippen molar-refractivity contribution in [2.75, 3.05) is 27.3 Å². The van der Waals surface area contributed by atoms with Gasteiger partial charge in [0.15, 0.2) is 17.5 Å². The van der Waals surface area contributed by atoms with Crippen molar-refractivity contribution in [3.05, 3.63) is 35.7 Å². The minimum Gasteiger partial charge on any atom is -0.504 e. The fourth-order valence-electron chi connectivity index (χ4n) is 5.12. The summed E-state index contributed by atoms with van der Waals surface area (Å²) in [5.74, 6) is 0.943. The second-order valence-electron chi connectivity index (χ2n) is 10.5. The Hall–Kier alpha value is -3.27. The molecule has 39 heavy (non-hydrogen) atoms. The van der Waals surface area contributed by atoms with Gasteiger partial charge >= 0.3 is 0 Å². The Morgan fingerprint density at radius 2 is 2.00 bits per heavy atom. The first-order valence-electron chi connectivity index (χ1n) is 14.2. The summed E-state index contributed by atoms with van der Waals surface area (Å²) in [5, 5.41) is 20.1. The number of hydrogen-bond acceptors (Lipinski definition) is 8. The third-order valence-electron chi connectivity index (χ3n) is 7.33. The molecular formula is C29H46N6O4. The number of hydrogen-bond donors (Lipinski definition) is 5. The zero-order chi connectivity index (χ0) is 28.0. The van der Waals surface area contributed by atoms with E-state index in [4.69, 9.17) is 10.5 Å². The first-order chi connectivity index (χ1) is 18.9. The summed E-state index contributed by atoms with van der Waals surface area (Å²) >= 11 is 0. The average Bonchev–Trinajstić information content (AvgIpc) is 3.63. The van der Waals surface area contributed by atoms with E-state index >= 15 is 0 Å². The quantitative estimate of drug-likeness (QED) is 0.114. The van der Waals surface area contributed by atoms with Gasteiger partial charge in [0.2, 0.25) is 0 Å². The molecule has 0 saturated heterocycles. The van der Waals surface area contributed by atoms with Crippen LogP contribution in [0, 0.1) is 0 Å². The topological polar surface area (TPSA) is 141 Å². The van der Waals surface area contributed by atoms with Crippen LogP contribution < -0.4 is 26.4 Å². The number of aromatic hydroxyl groups is 1. The molecule has 216 valence electrons. The molecular weight excluding hydrogens is 496 g/mol. The van der Waals surface area contributed by atoms with Crippen LogP contribution >= 0.6 is 0 Å². The largest absolute Gasteiger partial charge is 0.504 e. The Kier molecular flexibility index (Phi) is 12.4. The molecule has 0 spiro atoms. The second-order valence-corrected chi connectivity index (χ2v) is 10.5. The molecule has 1 aromatic carbocycles. The van der Waals surface area contributed by atoms with Crippen LogP contribution in [0.1, 0.15) is 75.3 Å². The first kappa shape index (κ1) is 30.3. The summed E-state index contributed by atoms with van der Waals surface area (Å²) in [4.78, 5) is 31.3. The van der Waals surface area contributed by atoms with Gasteiger partial charge in [0.1, 0.15) is 11.6 Å². The Labute approximate surface area is 232 Å². The maximum Gasteiger partial charge on any atom is 0.188 e. The lowest BCUT2D eigenvalue weighted by atomic mass is 9.99. The van der Waals surface area contributed by atoms with Crippen LogP contribution in [-0.4, -0.2) is 67.0 Å². The highest BCUT2D eigenvalue weighted by atomic mass is 16.5. The highest BCUT2D eigenvalue weighted by Crippen LogP contribution is 2.35. The molecule has 1 fully saturated rings.